The molecule has 104 valence electrons. The second-order valence-electron chi connectivity index (χ2n) is 5.23. The molecular formula is C17H12ClNOS. The van der Waals surface area contributed by atoms with Crippen molar-refractivity contribution in [1.29, 1.82) is 0 Å². The van der Waals surface area contributed by atoms with Crippen molar-refractivity contribution >= 4 is 40.0 Å². The summed E-state index contributed by atoms with van der Waals surface area (Å²) in [5.74, 6) is 0.626. The Hall–Kier alpha value is -1.58. The fraction of sp³-hybridized carbons (Fsp3) is 0.176. The molecule has 0 saturated heterocycles. The Morgan fingerprint density at radius 1 is 1.24 bits per heavy atom. The lowest BCUT2D eigenvalue weighted by atomic mass is 9.95. The van der Waals surface area contributed by atoms with E-state index in [2.05, 4.69) is 23.2 Å². The second kappa shape index (κ2) is 5.00. The molecule has 2 aromatic rings. The number of carbonyl (C=O) groups excluding carboxylic acids is 1. The Bertz CT molecular complexity index is 838. The van der Waals surface area contributed by atoms with E-state index in [0.29, 0.717) is 12.3 Å². The van der Waals surface area contributed by atoms with E-state index in [9.17, 15) is 4.79 Å². The molecule has 0 spiro atoms. The second-order valence-corrected chi connectivity index (χ2v) is 6.58. The van der Waals surface area contributed by atoms with Gasteiger partial charge in [-0.2, -0.15) is 0 Å². The molecule has 0 bridgehead atoms. The van der Waals surface area contributed by atoms with Gasteiger partial charge in [0.15, 0.2) is 5.78 Å². The molecule has 0 N–H and O–H groups in total. The third kappa shape index (κ3) is 2.21. The van der Waals surface area contributed by atoms with Crippen LogP contribution < -0.4 is 0 Å². The van der Waals surface area contributed by atoms with Crippen molar-refractivity contribution in [1.82, 2.24) is 4.98 Å². The van der Waals surface area contributed by atoms with Crippen LogP contribution in [-0.2, 0) is 17.1 Å². The van der Waals surface area contributed by atoms with Crippen molar-refractivity contribution in [2.45, 2.75) is 23.6 Å². The number of hydrogen-bond acceptors (Lipinski definition) is 3. The van der Waals surface area contributed by atoms with E-state index in [1.165, 1.54) is 21.4 Å². The summed E-state index contributed by atoms with van der Waals surface area (Å²) in [5, 5.41) is 1.19. The fourth-order valence-electron chi connectivity index (χ4n) is 2.83. The maximum atomic E-state index is 11.6. The molecule has 1 aliphatic carbocycles. The number of halogens is 1. The quantitative estimate of drug-likeness (QED) is 0.731. The van der Waals surface area contributed by atoms with Gasteiger partial charge >= 0.3 is 0 Å². The minimum absolute atomic E-state index is 0.193. The number of benzene rings is 1. The molecule has 0 radical (unpaired) electrons. The topological polar surface area (TPSA) is 30.0 Å². The van der Waals surface area contributed by atoms with E-state index in [1.807, 2.05) is 12.1 Å². The van der Waals surface area contributed by atoms with E-state index < -0.39 is 0 Å². The van der Waals surface area contributed by atoms with Gasteiger partial charge in [-0.1, -0.05) is 23.9 Å². The molecule has 0 amide bonds. The molecule has 1 aliphatic heterocycles. The highest BCUT2D eigenvalue weighted by molar-refractivity contribution is 8.03. The molecule has 0 unspecified atom stereocenters. The summed E-state index contributed by atoms with van der Waals surface area (Å²) in [4.78, 5) is 18.5. The maximum Gasteiger partial charge on any atom is 0.160 e. The Morgan fingerprint density at radius 3 is 3.00 bits per heavy atom. The van der Waals surface area contributed by atoms with Gasteiger partial charge in [0.2, 0.25) is 0 Å². The minimum atomic E-state index is 0.193. The van der Waals surface area contributed by atoms with E-state index >= 15 is 0 Å². The van der Waals surface area contributed by atoms with Crippen LogP contribution in [0.3, 0.4) is 0 Å². The first-order chi connectivity index (χ1) is 10.2. The number of fused-ring (bicyclic) bond motifs is 4. The molecule has 2 aliphatic rings. The normalized spacial score (nSPS) is 17.1. The number of alkyl halides is 1. The molecule has 2 heterocycles. The van der Waals surface area contributed by atoms with Crippen LogP contribution in [0.1, 0.15) is 17.7 Å². The summed E-state index contributed by atoms with van der Waals surface area (Å²) in [6.07, 6.45) is 5.24. The van der Waals surface area contributed by atoms with E-state index in [-0.39, 0.29) is 5.78 Å². The molecule has 0 fully saturated rings. The number of thioether (sulfide) groups is 1. The van der Waals surface area contributed by atoms with Crippen LogP contribution in [0.25, 0.3) is 10.9 Å². The van der Waals surface area contributed by atoms with Gasteiger partial charge in [0.25, 0.3) is 0 Å². The van der Waals surface area contributed by atoms with E-state index in [4.69, 9.17) is 11.6 Å². The molecule has 0 saturated carbocycles. The first-order valence-corrected chi connectivity index (χ1v) is 8.19. The number of aromatic nitrogens is 1. The van der Waals surface area contributed by atoms with Gasteiger partial charge in [0.1, 0.15) is 0 Å². The van der Waals surface area contributed by atoms with Crippen LogP contribution in [0.2, 0.25) is 0 Å². The predicted molar refractivity (Wildman–Crippen MR) is 86.7 cm³/mol. The number of carbonyl (C=O) groups is 1. The summed E-state index contributed by atoms with van der Waals surface area (Å²) in [6, 6.07) is 8.24. The van der Waals surface area contributed by atoms with Crippen LogP contribution in [0.4, 0.5) is 0 Å². The third-order valence-electron chi connectivity index (χ3n) is 3.88. The van der Waals surface area contributed by atoms with Crippen LogP contribution in [0.5, 0.6) is 0 Å². The van der Waals surface area contributed by atoms with Crippen molar-refractivity contribution in [3.63, 3.8) is 0 Å². The van der Waals surface area contributed by atoms with Gasteiger partial charge in [-0.15, -0.1) is 11.6 Å². The summed E-state index contributed by atoms with van der Waals surface area (Å²) >= 11 is 7.55. The van der Waals surface area contributed by atoms with Gasteiger partial charge < -0.3 is 0 Å². The highest BCUT2D eigenvalue weighted by Gasteiger charge is 2.23. The van der Waals surface area contributed by atoms with Crippen molar-refractivity contribution in [2.75, 3.05) is 0 Å². The van der Waals surface area contributed by atoms with Crippen LogP contribution in [-0.4, -0.2) is 10.8 Å². The molecule has 1 aromatic carbocycles. The molecule has 0 atom stereocenters. The standard InChI is InChI=1S/C17H12ClNOS/c18-9-11-2-4-13-14-7-10-1-3-12(20)8-17(10)21-16(14)6-5-15(13)19-11/h1-2,4-6,8H,3,7,9H2. The summed E-state index contributed by atoms with van der Waals surface area (Å²) < 4.78 is 0. The first kappa shape index (κ1) is 13.1. The van der Waals surface area contributed by atoms with Crippen molar-refractivity contribution in [3.05, 3.63) is 58.2 Å². The molecule has 4 rings (SSSR count). The zero-order valence-electron chi connectivity index (χ0n) is 11.2. The lowest BCUT2D eigenvalue weighted by Gasteiger charge is -2.24. The van der Waals surface area contributed by atoms with E-state index in [0.717, 1.165) is 22.5 Å². The number of allylic oxidation sites excluding steroid dienone is 3. The smallest absolute Gasteiger partial charge is 0.160 e. The highest BCUT2D eigenvalue weighted by atomic mass is 35.5. The van der Waals surface area contributed by atoms with Crippen LogP contribution >= 0.6 is 23.4 Å². The summed E-state index contributed by atoms with van der Waals surface area (Å²) in [7, 11) is 0. The Kier molecular flexibility index (Phi) is 3.12. The monoisotopic (exact) mass is 313 g/mol. The fourth-order valence-corrected chi connectivity index (χ4v) is 4.13. The van der Waals surface area contributed by atoms with Gasteiger partial charge in [-0.3, -0.25) is 9.78 Å². The minimum Gasteiger partial charge on any atom is -0.294 e. The first-order valence-electron chi connectivity index (χ1n) is 6.84. The lowest BCUT2D eigenvalue weighted by Crippen LogP contribution is -2.09. The number of rotatable bonds is 1. The van der Waals surface area contributed by atoms with Gasteiger partial charge in [0, 0.05) is 28.0 Å². The average molecular weight is 314 g/mol. The van der Waals surface area contributed by atoms with Crippen LogP contribution in [0.15, 0.2) is 51.8 Å². The van der Waals surface area contributed by atoms with E-state index in [1.54, 1.807) is 17.8 Å². The third-order valence-corrected chi connectivity index (χ3v) is 5.36. The SMILES string of the molecule is O=C1C=C2Sc3ccc4nc(CCl)ccc4c3CC2=CC1. The number of ketones is 1. The largest absolute Gasteiger partial charge is 0.294 e. The summed E-state index contributed by atoms with van der Waals surface area (Å²) in [6.45, 7) is 0. The molecular weight excluding hydrogens is 302 g/mol. The highest BCUT2D eigenvalue weighted by Crippen LogP contribution is 2.44. The molecule has 21 heavy (non-hydrogen) atoms. The van der Waals surface area contributed by atoms with Crippen molar-refractivity contribution in [2.24, 2.45) is 0 Å². The Labute approximate surface area is 131 Å². The van der Waals surface area contributed by atoms with Crippen LogP contribution in [0, 0.1) is 0 Å². The molecule has 2 nitrogen and oxygen atoms in total. The summed E-state index contributed by atoms with van der Waals surface area (Å²) in [5.41, 5.74) is 4.47. The predicted octanol–water partition coefficient (Wildman–Crippen LogP) is 4.40. The molecule has 4 heteroatoms. The molecule has 1 aromatic heterocycles. The van der Waals surface area contributed by atoms with Gasteiger partial charge in [0.05, 0.1) is 17.1 Å². The zero-order valence-corrected chi connectivity index (χ0v) is 12.8. The van der Waals surface area contributed by atoms with Crippen molar-refractivity contribution in [3.8, 4) is 0 Å². The maximum absolute atomic E-state index is 11.6. The Morgan fingerprint density at radius 2 is 2.14 bits per heavy atom. The number of nitrogens with zero attached hydrogens (tertiary/aromatic N) is 1. The lowest BCUT2D eigenvalue weighted by molar-refractivity contribution is -0.113. The number of pyridine rings is 1. The average Bonchev–Trinajstić information content (AvgIpc) is 2.52. The Balaban J connectivity index is 1.88. The number of hydrogen-bond donors (Lipinski definition) is 0. The van der Waals surface area contributed by atoms with Crippen molar-refractivity contribution < 1.29 is 4.79 Å². The zero-order chi connectivity index (χ0) is 14.4. The van der Waals surface area contributed by atoms with Gasteiger partial charge in [-0.05, 0) is 35.4 Å². The van der Waals surface area contributed by atoms with Gasteiger partial charge in [-0.25, -0.2) is 0 Å².